The fourth-order valence-corrected chi connectivity index (χ4v) is 4.48. The van der Waals surface area contributed by atoms with Crippen molar-refractivity contribution in [3.63, 3.8) is 0 Å². The highest BCUT2D eigenvalue weighted by molar-refractivity contribution is 6.30. The average molecular weight is 446 g/mol. The van der Waals surface area contributed by atoms with Gasteiger partial charge in [-0.05, 0) is 55.0 Å². The van der Waals surface area contributed by atoms with Crippen LogP contribution in [0.15, 0.2) is 72.8 Å². The summed E-state index contributed by atoms with van der Waals surface area (Å²) in [5.74, 6) is 1.95. The molecule has 3 aromatic carbocycles. The molecule has 4 aromatic rings. The number of benzene rings is 3. The van der Waals surface area contributed by atoms with Crippen LogP contribution in [0.3, 0.4) is 0 Å². The van der Waals surface area contributed by atoms with Crippen molar-refractivity contribution >= 4 is 34.2 Å². The fraction of sp³-hybridized carbons (Fsp3) is 0.231. The second-order valence-electron chi connectivity index (χ2n) is 8.11. The number of imidazole rings is 1. The molecule has 0 spiro atoms. The second-order valence-corrected chi connectivity index (χ2v) is 8.54. The Balaban J connectivity index is 1.41. The number of carbonyl (C=O) groups is 1. The molecule has 6 heteroatoms. The lowest BCUT2D eigenvalue weighted by atomic mass is 10.1. The third-order valence-corrected chi connectivity index (χ3v) is 6.23. The van der Waals surface area contributed by atoms with Crippen LogP contribution in [0.5, 0.6) is 5.75 Å². The summed E-state index contributed by atoms with van der Waals surface area (Å²) in [5.41, 5.74) is 3.99. The fourth-order valence-electron chi connectivity index (χ4n) is 4.36. The van der Waals surface area contributed by atoms with Gasteiger partial charge in [0.15, 0.2) is 0 Å². The van der Waals surface area contributed by atoms with Gasteiger partial charge >= 0.3 is 0 Å². The quantitative estimate of drug-likeness (QED) is 0.388. The van der Waals surface area contributed by atoms with Gasteiger partial charge in [0.05, 0.1) is 17.6 Å². The summed E-state index contributed by atoms with van der Waals surface area (Å²) in [5, 5.41) is 0.660. The average Bonchev–Trinajstić information content (AvgIpc) is 3.36. The Morgan fingerprint density at radius 3 is 2.59 bits per heavy atom. The lowest BCUT2D eigenvalue weighted by Gasteiger charge is -2.18. The standard InChI is InChI=1S/C26H24ClN3O2/c1-18-6-2-5-9-24(18)32-15-14-29-23-8-4-3-7-22(23)28-26(29)19-16-25(31)30(17-19)21-12-10-20(27)11-13-21/h2-13,19H,14-17H2,1H3/t19-/m0/s1. The molecule has 1 atom stereocenters. The van der Waals surface area contributed by atoms with Gasteiger partial charge in [-0.15, -0.1) is 0 Å². The molecule has 1 saturated heterocycles. The number of ether oxygens (including phenoxy) is 1. The minimum atomic E-state index is 0.0176. The Morgan fingerprint density at radius 2 is 1.78 bits per heavy atom. The number of para-hydroxylation sites is 3. The molecule has 5 nitrogen and oxygen atoms in total. The molecule has 0 N–H and O–H groups in total. The zero-order valence-electron chi connectivity index (χ0n) is 17.9. The zero-order valence-corrected chi connectivity index (χ0v) is 18.6. The molecular formula is C26H24ClN3O2. The summed E-state index contributed by atoms with van der Waals surface area (Å²) in [6, 6.07) is 23.5. The topological polar surface area (TPSA) is 47.4 Å². The molecule has 1 fully saturated rings. The second kappa shape index (κ2) is 8.67. The molecule has 0 bridgehead atoms. The predicted molar refractivity (Wildman–Crippen MR) is 128 cm³/mol. The molecule has 0 saturated carbocycles. The van der Waals surface area contributed by atoms with Crippen LogP contribution in [0.2, 0.25) is 5.02 Å². The van der Waals surface area contributed by atoms with Gasteiger partial charge < -0.3 is 14.2 Å². The maximum absolute atomic E-state index is 12.8. The lowest BCUT2D eigenvalue weighted by Crippen LogP contribution is -2.24. The number of rotatable bonds is 6. The van der Waals surface area contributed by atoms with Gasteiger partial charge in [-0.3, -0.25) is 4.79 Å². The minimum absolute atomic E-state index is 0.0176. The third-order valence-electron chi connectivity index (χ3n) is 5.98. The first-order valence-electron chi connectivity index (χ1n) is 10.8. The van der Waals surface area contributed by atoms with E-state index in [1.54, 1.807) is 0 Å². The predicted octanol–water partition coefficient (Wildman–Crippen LogP) is 5.60. The molecule has 1 aliphatic rings. The molecule has 162 valence electrons. The van der Waals surface area contributed by atoms with E-state index in [-0.39, 0.29) is 11.8 Å². The Kier molecular flexibility index (Phi) is 5.58. The third kappa shape index (κ3) is 3.96. The van der Waals surface area contributed by atoms with Crippen molar-refractivity contribution in [2.24, 2.45) is 0 Å². The van der Waals surface area contributed by atoms with Crippen molar-refractivity contribution in [2.45, 2.75) is 25.8 Å². The van der Waals surface area contributed by atoms with Crippen LogP contribution in [0.25, 0.3) is 11.0 Å². The van der Waals surface area contributed by atoms with Crippen LogP contribution in [0.1, 0.15) is 23.7 Å². The smallest absolute Gasteiger partial charge is 0.227 e. The maximum Gasteiger partial charge on any atom is 0.227 e. The number of nitrogens with zero attached hydrogens (tertiary/aromatic N) is 3. The molecule has 0 unspecified atom stereocenters. The molecule has 32 heavy (non-hydrogen) atoms. The van der Waals surface area contributed by atoms with E-state index < -0.39 is 0 Å². The zero-order chi connectivity index (χ0) is 22.1. The van der Waals surface area contributed by atoms with E-state index in [2.05, 4.69) is 10.6 Å². The summed E-state index contributed by atoms with van der Waals surface area (Å²) >= 11 is 6.02. The van der Waals surface area contributed by atoms with E-state index in [4.69, 9.17) is 21.3 Å². The van der Waals surface area contributed by atoms with Gasteiger partial charge in [-0.1, -0.05) is 41.9 Å². The van der Waals surface area contributed by atoms with E-state index in [0.29, 0.717) is 31.1 Å². The summed E-state index contributed by atoms with van der Waals surface area (Å²) < 4.78 is 8.27. The molecule has 2 heterocycles. The largest absolute Gasteiger partial charge is 0.491 e. The summed E-state index contributed by atoms with van der Waals surface area (Å²) in [4.78, 5) is 19.6. The summed E-state index contributed by atoms with van der Waals surface area (Å²) in [6.45, 7) is 3.83. The van der Waals surface area contributed by atoms with Gasteiger partial charge in [0.1, 0.15) is 18.2 Å². The lowest BCUT2D eigenvalue weighted by molar-refractivity contribution is -0.117. The van der Waals surface area contributed by atoms with Crippen molar-refractivity contribution in [3.05, 3.63) is 89.2 Å². The number of hydrogen-bond donors (Lipinski definition) is 0. The monoisotopic (exact) mass is 445 g/mol. The van der Waals surface area contributed by atoms with E-state index in [1.165, 1.54) is 0 Å². The molecule has 0 radical (unpaired) electrons. The highest BCUT2D eigenvalue weighted by Crippen LogP contribution is 2.33. The van der Waals surface area contributed by atoms with Crippen molar-refractivity contribution in [1.82, 2.24) is 9.55 Å². The normalized spacial score (nSPS) is 16.1. The van der Waals surface area contributed by atoms with Gasteiger partial charge in [0.25, 0.3) is 0 Å². The Hall–Kier alpha value is -3.31. The van der Waals surface area contributed by atoms with Crippen LogP contribution in [-0.2, 0) is 11.3 Å². The Bertz CT molecular complexity index is 1270. The van der Waals surface area contributed by atoms with E-state index in [9.17, 15) is 4.79 Å². The van der Waals surface area contributed by atoms with Crippen LogP contribution < -0.4 is 9.64 Å². The van der Waals surface area contributed by atoms with Gasteiger partial charge in [-0.2, -0.15) is 0 Å². The van der Waals surface area contributed by atoms with Crippen LogP contribution in [-0.4, -0.2) is 28.6 Å². The van der Waals surface area contributed by atoms with E-state index in [1.807, 2.05) is 78.6 Å². The highest BCUT2D eigenvalue weighted by atomic mass is 35.5. The molecule has 5 rings (SSSR count). The Morgan fingerprint density at radius 1 is 1.03 bits per heavy atom. The number of anilines is 1. The van der Waals surface area contributed by atoms with Gasteiger partial charge in [0, 0.05) is 29.6 Å². The van der Waals surface area contributed by atoms with Crippen LogP contribution in [0, 0.1) is 6.92 Å². The van der Waals surface area contributed by atoms with E-state index in [0.717, 1.165) is 33.9 Å². The number of amides is 1. The van der Waals surface area contributed by atoms with E-state index >= 15 is 0 Å². The SMILES string of the molecule is Cc1ccccc1OCCn1c([C@H]2CC(=O)N(c3ccc(Cl)cc3)C2)nc2ccccc21. The van der Waals surface area contributed by atoms with Gasteiger partial charge in [-0.25, -0.2) is 4.98 Å². The number of carbonyl (C=O) groups excluding carboxylic acids is 1. The molecule has 1 amide bonds. The van der Waals surface area contributed by atoms with Crippen LogP contribution in [0.4, 0.5) is 5.69 Å². The minimum Gasteiger partial charge on any atom is -0.491 e. The highest BCUT2D eigenvalue weighted by Gasteiger charge is 2.34. The molecule has 0 aliphatic carbocycles. The number of halogens is 1. The first-order valence-corrected chi connectivity index (χ1v) is 11.2. The van der Waals surface area contributed by atoms with Crippen LogP contribution >= 0.6 is 11.6 Å². The number of fused-ring (bicyclic) bond motifs is 1. The first-order chi connectivity index (χ1) is 15.6. The van der Waals surface area contributed by atoms with Crippen molar-refractivity contribution in [2.75, 3.05) is 18.1 Å². The number of hydrogen-bond acceptors (Lipinski definition) is 3. The van der Waals surface area contributed by atoms with Crippen molar-refractivity contribution in [1.29, 1.82) is 0 Å². The number of aromatic nitrogens is 2. The Labute approximate surface area is 192 Å². The maximum atomic E-state index is 12.8. The summed E-state index contributed by atoms with van der Waals surface area (Å²) in [6.07, 6.45) is 0.435. The molecule has 1 aromatic heterocycles. The van der Waals surface area contributed by atoms with Crippen molar-refractivity contribution < 1.29 is 9.53 Å². The van der Waals surface area contributed by atoms with Gasteiger partial charge in [0.2, 0.25) is 5.91 Å². The van der Waals surface area contributed by atoms with Crippen molar-refractivity contribution in [3.8, 4) is 5.75 Å². The molecule has 1 aliphatic heterocycles. The first kappa shape index (κ1) is 20.6. The summed E-state index contributed by atoms with van der Waals surface area (Å²) in [7, 11) is 0. The number of aryl methyl sites for hydroxylation is 1. The molecular weight excluding hydrogens is 422 g/mol.